The lowest BCUT2D eigenvalue weighted by atomic mass is 9.66. The number of hydrogen-bond donors (Lipinski definition) is 5. The average molecular weight is 546 g/mol. The van der Waals surface area contributed by atoms with E-state index in [4.69, 9.17) is 0 Å². The molecular weight excluding hydrogens is 514 g/mol. The molecule has 1 atom stereocenters. The predicted molar refractivity (Wildman–Crippen MR) is 147 cm³/mol. The van der Waals surface area contributed by atoms with E-state index in [1.54, 1.807) is 12.1 Å². The van der Waals surface area contributed by atoms with Gasteiger partial charge in [-0.3, -0.25) is 18.6 Å². The van der Waals surface area contributed by atoms with Crippen molar-refractivity contribution in [2.24, 2.45) is 10.3 Å². The standard InChI is InChI=1S/C26H31N3O6S2/c1-26(14-13-16-7-3-4-8-16)19-10-6-5-9-18(19)23(30)22(24(26)31)25-27-20-12-11-17(28-36(2,32)33)15-21(20)37(34,35)29-25/h5-6,9-12,15-16,28,30,34-35H,3-4,7-8,13-14H2,1-2H3,(H,27,29). The Kier molecular flexibility index (Phi) is 6.38. The number of hydrogen-bond acceptors (Lipinski definition) is 8. The van der Waals surface area contributed by atoms with Crippen LogP contribution in [0.3, 0.4) is 0 Å². The maximum absolute atomic E-state index is 14.1. The first-order chi connectivity index (χ1) is 17.4. The first kappa shape index (κ1) is 25.8. The quantitative estimate of drug-likeness (QED) is 0.313. The number of benzene rings is 2. The average Bonchev–Trinajstić information content (AvgIpc) is 3.35. The number of fused-ring (bicyclic) bond motifs is 2. The van der Waals surface area contributed by atoms with Gasteiger partial charge in [-0.15, -0.1) is 4.40 Å². The van der Waals surface area contributed by atoms with Crippen molar-refractivity contribution in [1.29, 1.82) is 0 Å². The lowest BCUT2D eigenvalue weighted by Gasteiger charge is -2.39. The van der Waals surface area contributed by atoms with Crippen LogP contribution in [0.2, 0.25) is 0 Å². The molecule has 0 spiro atoms. The highest BCUT2D eigenvalue weighted by molar-refractivity contribution is 8.23. The third-order valence-electron chi connectivity index (χ3n) is 7.56. The molecule has 1 aliphatic heterocycles. The second-order valence-corrected chi connectivity index (χ2v) is 13.7. The molecule has 1 saturated carbocycles. The van der Waals surface area contributed by atoms with E-state index in [1.807, 2.05) is 19.1 Å². The summed E-state index contributed by atoms with van der Waals surface area (Å²) in [5.74, 6) is -0.153. The van der Waals surface area contributed by atoms with Crippen LogP contribution >= 0.6 is 10.8 Å². The third-order valence-corrected chi connectivity index (χ3v) is 9.53. The maximum atomic E-state index is 14.1. The molecule has 0 bridgehead atoms. The number of amidine groups is 1. The van der Waals surface area contributed by atoms with Gasteiger partial charge in [0.05, 0.1) is 23.0 Å². The maximum Gasteiger partial charge on any atom is 0.229 e. The van der Waals surface area contributed by atoms with Crippen LogP contribution in [0.1, 0.15) is 56.6 Å². The molecule has 5 rings (SSSR count). The van der Waals surface area contributed by atoms with Crippen molar-refractivity contribution in [3.63, 3.8) is 0 Å². The Morgan fingerprint density at radius 1 is 1.16 bits per heavy atom. The summed E-state index contributed by atoms with van der Waals surface area (Å²) in [6, 6.07) is 11.5. The number of nitrogens with one attached hydrogen (secondary N) is 2. The molecule has 0 radical (unpaired) electrons. The van der Waals surface area contributed by atoms with E-state index in [0.717, 1.165) is 31.1 Å². The van der Waals surface area contributed by atoms with Crippen LogP contribution in [-0.2, 0) is 20.2 Å². The Morgan fingerprint density at radius 2 is 1.86 bits per heavy atom. The summed E-state index contributed by atoms with van der Waals surface area (Å²) < 4.78 is 51.4. The fourth-order valence-electron chi connectivity index (χ4n) is 5.64. The Hall–Kier alpha value is -2.86. The smallest absolute Gasteiger partial charge is 0.229 e. The first-order valence-corrected chi connectivity index (χ1v) is 15.6. The van der Waals surface area contributed by atoms with Gasteiger partial charge in [-0.05, 0) is 49.4 Å². The monoisotopic (exact) mass is 545 g/mol. The normalized spacial score (nSPS) is 24.1. The van der Waals surface area contributed by atoms with E-state index in [2.05, 4.69) is 14.4 Å². The van der Waals surface area contributed by atoms with Crippen molar-refractivity contribution in [3.05, 3.63) is 59.2 Å². The molecule has 198 valence electrons. The van der Waals surface area contributed by atoms with Gasteiger partial charge in [0.2, 0.25) is 10.0 Å². The summed E-state index contributed by atoms with van der Waals surface area (Å²) in [5, 5.41) is 14.2. The molecule has 5 N–H and O–H groups in total. The SMILES string of the molecule is CC1(CCC2CCCC2)C(=O)C(C2=NS(O)(O)c3cc(NS(C)(=O)=O)ccc3N2)=C(O)c2ccccc21. The second-order valence-electron chi connectivity index (χ2n) is 10.3. The minimum atomic E-state index is -3.81. The van der Waals surface area contributed by atoms with Gasteiger partial charge in [0.25, 0.3) is 0 Å². The first-order valence-electron chi connectivity index (χ1n) is 12.2. The number of Topliss-reactive ketones (excluding diaryl/α,β-unsaturated/α-hetero) is 1. The van der Waals surface area contributed by atoms with Gasteiger partial charge in [-0.1, -0.05) is 60.7 Å². The van der Waals surface area contributed by atoms with E-state index in [-0.39, 0.29) is 39.2 Å². The number of sulfonamides is 1. The van der Waals surface area contributed by atoms with Crippen LogP contribution in [-0.4, -0.2) is 40.5 Å². The zero-order valence-electron chi connectivity index (χ0n) is 20.7. The van der Waals surface area contributed by atoms with Gasteiger partial charge < -0.3 is 10.4 Å². The number of nitrogens with zero attached hydrogens (tertiary/aromatic N) is 1. The molecule has 2 aromatic carbocycles. The molecule has 0 aromatic heterocycles. The van der Waals surface area contributed by atoms with Gasteiger partial charge >= 0.3 is 0 Å². The van der Waals surface area contributed by atoms with Gasteiger partial charge in [0, 0.05) is 5.56 Å². The second kappa shape index (κ2) is 9.16. The number of ketones is 1. The summed E-state index contributed by atoms with van der Waals surface area (Å²) in [6.07, 6.45) is 7.20. The van der Waals surface area contributed by atoms with Crippen molar-refractivity contribution in [1.82, 2.24) is 0 Å². The van der Waals surface area contributed by atoms with E-state index < -0.39 is 26.2 Å². The predicted octanol–water partition coefficient (Wildman–Crippen LogP) is 5.69. The van der Waals surface area contributed by atoms with Crippen molar-refractivity contribution in [3.8, 4) is 0 Å². The summed E-state index contributed by atoms with van der Waals surface area (Å²) in [4.78, 5) is 14.1. The molecule has 37 heavy (non-hydrogen) atoms. The molecule has 1 heterocycles. The van der Waals surface area contributed by atoms with Gasteiger partial charge in [-0.25, -0.2) is 8.42 Å². The minimum Gasteiger partial charge on any atom is -0.506 e. The Labute approximate surface area is 218 Å². The number of aliphatic hydroxyl groups is 1. The van der Waals surface area contributed by atoms with Crippen molar-refractivity contribution in [2.45, 2.75) is 55.8 Å². The third kappa shape index (κ3) is 4.76. The van der Waals surface area contributed by atoms with Crippen LogP contribution in [0.25, 0.3) is 5.76 Å². The van der Waals surface area contributed by atoms with Gasteiger partial charge in [0.15, 0.2) is 11.6 Å². The molecule has 1 unspecified atom stereocenters. The topological polar surface area (TPSA) is 148 Å². The van der Waals surface area contributed by atoms with E-state index in [9.17, 15) is 27.4 Å². The number of aliphatic hydroxyl groups excluding tert-OH is 1. The molecular formula is C26H31N3O6S2. The van der Waals surface area contributed by atoms with Crippen molar-refractivity contribution >= 4 is 49.6 Å². The number of anilines is 2. The minimum absolute atomic E-state index is 0.0161. The fraction of sp³-hybridized carbons (Fsp3) is 0.385. The summed E-state index contributed by atoms with van der Waals surface area (Å²) >= 11 is 0. The summed E-state index contributed by atoms with van der Waals surface area (Å²) in [6.45, 7) is 1.88. The lowest BCUT2D eigenvalue weighted by Crippen LogP contribution is -2.42. The molecule has 1 fully saturated rings. The number of carbonyl (C=O) groups is 1. The van der Waals surface area contributed by atoms with E-state index >= 15 is 0 Å². The number of rotatable bonds is 6. The van der Waals surface area contributed by atoms with Crippen LogP contribution < -0.4 is 10.0 Å². The van der Waals surface area contributed by atoms with E-state index in [1.165, 1.54) is 31.0 Å². The molecule has 2 aromatic rings. The van der Waals surface area contributed by atoms with Gasteiger partial charge in [0.1, 0.15) is 16.2 Å². The molecule has 3 aliphatic rings. The highest BCUT2D eigenvalue weighted by Crippen LogP contribution is 2.57. The largest absolute Gasteiger partial charge is 0.506 e. The molecule has 0 amide bonds. The van der Waals surface area contributed by atoms with Crippen LogP contribution in [0.15, 0.2) is 57.3 Å². The van der Waals surface area contributed by atoms with E-state index in [0.29, 0.717) is 17.9 Å². The molecule has 11 heteroatoms. The number of carbonyl (C=O) groups excluding carboxylic acids is 1. The molecule has 2 aliphatic carbocycles. The van der Waals surface area contributed by atoms with Crippen LogP contribution in [0.5, 0.6) is 0 Å². The molecule has 0 saturated heterocycles. The Morgan fingerprint density at radius 3 is 2.57 bits per heavy atom. The summed E-state index contributed by atoms with van der Waals surface area (Å²) in [7, 11) is -7.39. The van der Waals surface area contributed by atoms with Crippen LogP contribution in [0, 0.1) is 5.92 Å². The highest BCUT2D eigenvalue weighted by Gasteiger charge is 2.46. The van der Waals surface area contributed by atoms with Crippen molar-refractivity contribution in [2.75, 3.05) is 16.3 Å². The zero-order chi connectivity index (χ0) is 26.6. The Bertz CT molecular complexity index is 1440. The van der Waals surface area contributed by atoms with Gasteiger partial charge in [-0.2, -0.15) is 0 Å². The lowest BCUT2D eigenvalue weighted by molar-refractivity contribution is -0.120. The highest BCUT2D eigenvalue weighted by atomic mass is 32.3. The van der Waals surface area contributed by atoms with Crippen LogP contribution in [0.4, 0.5) is 11.4 Å². The fourth-order valence-corrected chi connectivity index (χ4v) is 7.38. The summed E-state index contributed by atoms with van der Waals surface area (Å²) in [5.41, 5.74) is 0.660. The molecule has 9 nitrogen and oxygen atoms in total. The Balaban J connectivity index is 1.56. The zero-order valence-corrected chi connectivity index (χ0v) is 22.3. The van der Waals surface area contributed by atoms with Crippen molar-refractivity contribution < 1.29 is 27.4 Å².